The van der Waals surface area contributed by atoms with Crippen molar-refractivity contribution >= 4 is 29.2 Å². The third-order valence-corrected chi connectivity index (χ3v) is 2.60. The molecule has 0 aromatic heterocycles. The molecule has 2 rings (SSSR count). The van der Waals surface area contributed by atoms with Gasteiger partial charge in [0.05, 0.1) is 6.61 Å². The SMILES string of the molecule is Br.CCCCOc1ccc(C2C=NC(=N)N=N2)cc1. The Labute approximate surface area is 123 Å². The van der Waals surface area contributed by atoms with Crippen LogP contribution in [0, 0.1) is 5.41 Å². The maximum absolute atomic E-state index is 7.19. The molecule has 0 saturated carbocycles. The first-order valence-corrected chi connectivity index (χ1v) is 6.06. The summed E-state index contributed by atoms with van der Waals surface area (Å²) in [6.07, 6.45) is 3.82. The Morgan fingerprint density at radius 3 is 2.58 bits per heavy atom. The highest BCUT2D eigenvalue weighted by atomic mass is 79.9. The van der Waals surface area contributed by atoms with Crippen LogP contribution in [0.2, 0.25) is 0 Å². The van der Waals surface area contributed by atoms with Gasteiger partial charge in [0.2, 0.25) is 0 Å². The fourth-order valence-corrected chi connectivity index (χ4v) is 1.56. The van der Waals surface area contributed by atoms with E-state index in [0.717, 1.165) is 30.8 Å². The molecule has 1 atom stereocenters. The minimum Gasteiger partial charge on any atom is -0.494 e. The van der Waals surface area contributed by atoms with Gasteiger partial charge in [-0.2, -0.15) is 5.11 Å². The van der Waals surface area contributed by atoms with Gasteiger partial charge in [-0.25, -0.2) is 4.99 Å². The molecule has 102 valence electrons. The number of guanidine groups is 1. The molecule has 19 heavy (non-hydrogen) atoms. The predicted molar refractivity (Wildman–Crippen MR) is 81.0 cm³/mol. The lowest BCUT2D eigenvalue weighted by Crippen LogP contribution is -2.04. The molecule has 0 amide bonds. The van der Waals surface area contributed by atoms with Crippen LogP contribution in [-0.2, 0) is 0 Å². The molecular formula is C13H17BrN4O. The molecule has 6 heteroatoms. The fraction of sp³-hybridized carbons (Fsp3) is 0.385. The summed E-state index contributed by atoms with van der Waals surface area (Å²) in [7, 11) is 0. The number of nitrogens with zero attached hydrogens (tertiary/aromatic N) is 3. The summed E-state index contributed by atoms with van der Waals surface area (Å²) in [6.45, 7) is 2.88. The Hall–Kier alpha value is -1.56. The van der Waals surface area contributed by atoms with Crippen LogP contribution in [0.15, 0.2) is 39.5 Å². The zero-order valence-corrected chi connectivity index (χ0v) is 12.5. The highest BCUT2D eigenvalue weighted by molar-refractivity contribution is 8.93. The van der Waals surface area contributed by atoms with Gasteiger partial charge in [-0.15, -0.1) is 22.1 Å². The Kier molecular flexibility index (Phi) is 6.35. The zero-order chi connectivity index (χ0) is 12.8. The van der Waals surface area contributed by atoms with Crippen molar-refractivity contribution in [1.82, 2.24) is 0 Å². The number of aliphatic imine (C=N–C) groups is 1. The van der Waals surface area contributed by atoms with E-state index in [2.05, 4.69) is 22.1 Å². The van der Waals surface area contributed by atoms with Crippen LogP contribution in [0.1, 0.15) is 31.4 Å². The smallest absolute Gasteiger partial charge is 0.260 e. The van der Waals surface area contributed by atoms with Crippen molar-refractivity contribution in [2.24, 2.45) is 15.2 Å². The van der Waals surface area contributed by atoms with Crippen molar-refractivity contribution in [3.8, 4) is 5.75 Å². The number of unbranched alkanes of at least 4 members (excludes halogenated alkanes) is 1. The number of rotatable bonds is 5. The molecule has 1 N–H and O–H groups in total. The second kappa shape index (κ2) is 7.78. The Balaban J connectivity index is 0.00000180. The second-order valence-corrected chi connectivity index (χ2v) is 4.03. The van der Waals surface area contributed by atoms with Crippen molar-refractivity contribution in [3.63, 3.8) is 0 Å². The summed E-state index contributed by atoms with van der Waals surface area (Å²) in [6, 6.07) is 7.56. The molecule has 0 spiro atoms. The fourth-order valence-electron chi connectivity index (χ4n) is 1.56. The van der Waals surface area contributed by atoms with E-state index in [1.807, 2.05) is 24.3 Å². The second-order valence-electron chi connectivity index (χ2n) is 4.03. The average Bonchev–Trinajstić information content (AvgIpc) is 2.41. The number of azo groups is 1. The third-order valence-electron chi connectivity index (χ3n) is 2.60. The molecule has 5 nitrogen and oxygen atoms in total. The third kappa shape index (κ3) is 4.55. The van der Waals surface area contributed by atoms with Gasteiger partial charge in [-0.3, -0.25) is 5.41 Å². The van der Waals surface area contributed by atoms with Gasteiger partial charge in [0.1, 0.15) is 11.8 Å². The molecule has 1 unspecified atom stereocenters. The van der Waals surface area contributed by atoms with Gasteiger partial charge in [-0.1, -0.05) is 25.5 Å². The average molecular weight is 325 g/mol. The van der Waals surface area contributed by atoms with Crippen molar-refractivity contribution in [2.75, 3.05) is 6.61 Å². The number of halogens is 1. The summed E-state index contributed by atoms with van der Waals surface area (Å²) < 4.78 is 5.58. The number of benzene rings is 1. The van der Waals surface area contributed by atoms with E-state index < -0.39 is 0 Å². The van der Waals surface area contributed by atoms with E-state index in [1.165, 1.54) is 0 Å². The Morgan fingerprint density at radius 1 is 1.26 bits per heavy atom. The van der Waals surface area contributed by atoms with Crippen LogP contribution in [0.3, 0.4) is 0 Å². The zero-order valence-electron chi connectivity index (χ0n) is 10.7. The molecule has 1 aromatic carbocycles. The van der Waals surface area contributed by atoms with Crippen molar-refractivity contribution in [2.45, 2.75) is 25.8 Å². The summed E-state index contributed by atoms with van der Waals surface area (Å²) in [5.41, 5.74) is 0.998. The molecule has 0 saturated heterocycles. The van der Waals surface area contributed by atoms with Gasteiger partial charge in [-0.05, 0) is 24.1 Å². The predicted octanol–water partition coefficient (Wildman–Crippen LogP) is 3.96. The maximum atomic E-state index is 7.19. The van der Waals surface area contributed by atoms with Crippen LogP contribution in [-0.4, -0.2) is 18.8 Å². The Bertz CT molecular complexity index is 454. The first-order chi connectivity index (χ1) is 8.79. The van der Waals surface area contributed by atoms with Gasteiger partial charge < -0.3 is 4.74 Å². The number of hydrogen-bond acceptors (Lipinski definition) is 3. The van der Waals surface area contributed by atoms with Gasteiger partial charge in [0.25, 0.3) is 5.96 Å². The highest BCUT2D eigenvalue weighted by Gasteiger charge is 2.11. The van der Waals surface area contributed by atoms with Crippen LogP contribution in [0.5, 0.6) is 5.75 Å². The lowest BCUT2D eigenvalue weighted by molar-refractivity contribution is 0.309. The number of hydrogen-bond donors (Lipinski definition) is 1. The monoisotopic (exact) mass is 324 g/mol. The number of nitrogens with one attached hydrogen (secondary N) is 1. The first-order valence-electron chi connectivity index (χ1n) is 6.06. The molecule has 0 bridgehead atoms. The standard InChI is InChI=1S/C13H16N4O.BrH/c1-2-3-8-18-11-6-4-10(5-7-11)12-9-15-13(14)17-16-12;/h4-7,9,12,14H,2-3,8H2,1H3;1H. The summed E-state index contributed by atoms with van der Waals surface area (Å²) in [5.74, 6) is 0.815. The van der Waals surface area contributed by atoms with E-state index in [9.17, 15) is 0 Å². The van der Waals surface area contributed by atoms with E-state index >= 15 is 0 Å². The summed E-state index contributed by atoms with van der Waals surface area (Å²) in [5, 5.41) is 14.8. The molecule has 1 heterocycles. The Morgan fingerprint density at radius 2 is 2.00 bits per heavy atom. The van der Waals surface area contributed by atoms with Crippen molar-refractivity contribution in [3.05, 3.63) is 29.8 Å². The van der Waals surface area contributed by atoms with Crippen molar-refractivity contribution < 1.29 is 4.74 Å². The topological polar surface area (TPSA) is 70.2 Å². The van der Waals surface area contributed by atoms with Gasteiger partial charge in [0.15, 0.2) is 0 Å². The first kappa shape index (κ1) is 15.5. The molecule has 1 aliphatic rings. The molecule has 1 aliphatic heterocycles. The molecule has 0 aliphatic carbocycles. The lowest BCUT2D eigenvalue weighted by atomic mass is 10.1. The maximum Gasteiger partial charge on any atom is 0.260 e. The van der Waals surface area contributed by atoms with Gasteiger partial charge >= 0.3 is 0 Å². The minimum atomic E-state index is -0.191. The number of ether oxygens (including phenoxy) is 1. The van der Waals surface area contributed by atoms with E-state index in [-0.39, 0.29) is 29.0 Å². The molecule has 0 fully saturated rings. The minimum absolute atomic E-state index is 0. The normalized spacial score (nSPS) is 17.1. The molecule has 1 aromatic rings. The lowest BCUT2D eigenvalue weighted by Gasteiger charge is -2.10. The van der Waals surface area contributed by atoms with E-state index in [0.29, 0.717) is 0 Å². The van der Waals surface area contributed by atoms with E-state index in [1.54, 1.807) is 6.21 Å². The van der Waals surface area contributed by atoms with Crippen LogP contribution in [0.25, 0.3) is 0 Å². The van der Waals surface area contributed by atoms with Crippen LogP contribution >= 0.6 is 17.0 Å². The van der Waals surface area contributed by atoms with Gasteiger partial charge in [0, 0.05) is 6.21 Å². The van der Waals surface area contributed by atoms with E-state index in [4.69, 9.17) is 10.1 Å². The van der Waals surface area contributed by atoms with Crippen LogP contribution in [0.4, 0.5) is 0 Å². The summed E-state index contributed by atoms with van der Waals surface area (Å²) in [4.78, 5) is 3.84. The summed E-state index contributed by atoms with van der Waals surface area (Å²) >= 11 is 0. The van der Waals surface area contributed by atoms with Crippen molar-refractivity contribution in [1.29, 1.82) is 5.41 Å². The highest BCUT2D eigenvalue weighted by Crippen LogP contribution is 2.21. The molecular weight excluding hydrogens is 308 g/mol. The molecule has 0 radical (unpaired) electrons. The quantitative estimate of drug-likeness (QED) is 0.818. The largest absolute Gasteiger partial charge is 0.494 e. The van der Waals surface area contributed by atoms with Crippen LogP contribution < -0.4 is 4.74 Å².